The number of rotatable bonds is 8. The molecule has 0 bridgehead atoms. The van der Waals surface area contributed by atoms with Gasteiger partial charge < -0.3 is 15.4 Å². The summed E-state index contributed by atoms with van der Waals surface area (Å²) < 4.78 is 8.08. The van der Waals surface area contributed by atoms with Crippen LogP contribution in [0.5, 0.6) is 5.19 Å². The number of nitrogens with two attached hydrogens (primary N) is 1. The van der Waals surface area contributed by atoms with Crippen molar-refractivity contribution >= 4 is 27.8 Å². The Hall–Kier alpha value is -3.13. The number of piperidine rings is 1. The molecule has 3 heterocycles. The fourth-order valence-electron chi connectivity index (χ4n) is 4.56. The number of benzene rings is 1. The SMILES string of the molecule is C=C/C(=C\N=C(CC)N1CCC(C(C)Oc2nn3cc(-c4ccc(N)cc4C)nc3s2)CC1)CC. The van der Waals surface area contributed by atoms with Crippen molar-refractivity contribution in [3.05, 3.63) is 54.4 Å². The molecule has 7 nitrogen and oxygen atoms in total. The molecular weight excluding hydrogens is 456 g/mol. The van der Waals surface area contributed by atoms with E-state index in [1.165, 1.54) is 16.9 Å². The second kappa shape index (κ2) is 11.1. The Morgan fingerprint density at radius 1 is 1.31 bits per heavy atom. The molecule has 4 rings (SSSR count). The first-order chi connectivity index (χ1) is 16.9. The molecule has 1 fully saturated rings. The lowest BCUT2D eigenvalue weighted by Gasteiger charge is -2.36. The quantitative estimate of drug-likeness (QED) is 0.177. The van der Waals surface area contributed by atoms with Gasteiger partial charge in [0.2, 0.25) is 4.96 Å². The molecule has 35 heavy (non-hydrogen) atoms. The third-order valence-electron chi connectivity index (χ3n) is 6.77. The van der Waals surface area contributed by atoms with Crippen molar-refractivity contribution < 1.29 is 4.74 Å². The third-order valence-corrected chi connectivity index (χ3v) is 7.59. The largest absolute Gasteiger partial charge is 0.466 e. The van der Waals surface area contributed by atoms with Gasteiger partial charge in [-0.15, -0.1) is 5.10 Å². The van der Waals surface area contributed by atoms with Crippen LogP contribution in [-0.4, -0.2) is 44.5 Å². The summed E-state index contributed by atoms with van der Waals surface area (Å²) in [4.78, 5) is 12.8. The fourth-order valence-corrected chi connectivity index (χ4v) is 5.37. The molecule has 0 saturated carbocycles. The number of aliphatic imine (C=N–C) groups is 1. The average Bonchev–Trinajstić information content (AvgIpc) is 3.41. The first kappa shape index (κ1) is 25.0. The second-order valence-electron chi connectivity index (χ2n) is 9.10. The van der Waals surface area contributed by atoms with Crippen LogP contribution >= 0.6 is 11.3 Å². The predicted molar refractivity (Wildman–Crippen MR) is 146 cm³/mol. The van der Waals surface area contributed by atoms with E-state index >= 15 is 0 Å². The van der Waals surface area contributed by atoms with E-state index in [2.05, 4.69) is 37.3 Å². The minimum atomic E-state index is 0.0983. The molecular formula is C27H36N6OS. The number of fused-ring (bicyclic) bond motifs is 1. The van der Waals surface area contributed by atoms with Crippen LogP contribution in [0.25, 0.3) is 16.2 Å². The van der Waals surface area contributed by atoms with Gasteiger partial charge in [0.05, 0.1) is 11.9 Å². The summed E-state index contributed by atoms with van der Waals surface area (Å²) in [6.45, 7) is 14.4. The van der Waals surface area contributed by atoms with E-state index < -0.39 is 0 Å². The summed E-state index contributed by atoms with van der Waals surface area (Å²) in [6, 6.07) is 5.88. The summed E-state index contributed by atoms with van der Waals surface area (Å²) in [7, 11) is 0. The van der Waals surface area contributed by atoms with Gasteiger partial charge in [0.1, 0.15) is 11.9 Å². The highest BCUT2D eigenvalue weighted by Crippen LogP contribution is 2.31. The number of nitrogens with zero attached hydrogens (tertiary/aromatic N) is 5. The lowest BCUT2D eigenvalue weighted by Crippen LogP contribution is -2.41. The molecule has 3 aromatic rings. The number of hydrogen-bond donors (Lipinski definition) is 1. The van der Waals surface area contributed by atoms with Gasteiger partial charge in [-0.05, 0) is 73.6 Å². The van der Waals surface area contributed by atoms with Crippen molar-refractivity contribution in [3.8, 4) is 16.5 Å². The zero-order valence-electron chi connectivity index (χ0n) is 21.2. The molecule has 0 spiro atoms. The molecule has 8 heteroatoms. The van der Waals surface area contributed by atoms with Crippen LogP contribution in [-0.2, 0) is 0 Å². The van der Waals surface area contributed by atoms with Crippen molar-refractivity contribution in [2.24, 2.45) is 10.9 Å². The Labute approximate surface area is 212 Å². The Balaban J connectivity index is 1.36. The molecule has 2 N–H and O–H groups in total. The molecule has 0 radical (unpaired) electrons. The van der Waals surface area contributed by atoms with Crippen LogP contribution < -0.4 is 10.5 Å². The van der Waals surface area contributed by atoms with Crippen LogP contribution in [0.15, 0.2) is 53.8 Å². The lowest BCUT2D eigenvalue weighted by atomic mass is 9.92. The maximum atomic E-state index is 6.27. The molecule has 0 aliphatic carbocycles. The Kier molecular flexibility index (Phi) is 7.90. The molecule has 1 aliphatic rings. The fraction of sp³-hybridized carbons (Fsp3) is 0.444. The van der Waals surface area contributed by atoms with Crippen molar-refractivity contribution in [1.82, 2.24) is 19.5 Å². The number of ether oxygens (including phenoxy) is 1. The number of likely N-dealkylation sites (tertiary alicyclic amines) is 1. The van der Waals surface area contributed by atoms with Crippen molar-refractivity contribution in [2.75, 3.05) is 18.8 Å². The maximum Gasteiger partial charge on any atom is 0.294 e. The average molecular weight is 493 g/mol. The number of allylic oxidation sites excluding steroid dienone is 2. The van der Waals surface area contributed by atoms with Crippen molar-refractivity contribution in [2.45, 2.75) is 59.5 Å². The molecule has 1 aromatic carbocycles. The molecule has 1 atom stereocenters. The van der Waals surface area contributed by atoms with Gasteiger partial charge in [0, 0.05) is 37.0 Å². The van der Waals surface area contributed by atoms with Gasteiger partial charge in [-0.3, -0.25) is 0 Å². The van der Waals surface area contributed by atoms with E-state index in [1.807, 2.05) is 48.1 Å². The second-order valence-corrected chi connectivity index (χ2v) is 10.0. The van der Waals surface area contributed by atoms with Crippen LogP contribution in [0.2, 0.25) is 0 Å². The highest BCUT2D eigenvalue weighted by atomic mass is 32.1. The monoisotopic (exact) mass is 492 g/mol. The molecule has 1 unspecified atom stereocenters. The van der Waals surface area contributed by atoms with E-state index in [9.17, 15) is 0 Å². The smallest absolute Gasteiger partial charge is 0.294 e. The van der Waals surface area contributed by atoms with E-state index in [0.717, 1.165) is 72.1 Å². The molecule has 2 aromatic heterocycles. The van der Waals surface area contributed by atoms with E-state index in [0.29, 0.717) is 11.1 Å². The van der Waals surface area contributed by atoms with E-state index in [1.54, 1.807) is 0 Å². The van der Waals surface area contributed by atoms with Gasteiger partial charge in [-0.1, -0.05) is 32.6 Å². The topological polar surface area (TPSA) is 81.0 Å². The summed E-state index contributed by atoms with van der Waals surface area (Å²) in [5.74, 6) is 1.64. The van der Waals surface area contributed by atoms with Crippen molar-refractivity contribution in [1.29, 1.82) is 0 Å². The minimum absolute atomic E-state index is 0.0983. The first-order valence-corrected chi connectivity index (χ1v) is 13.3. The molecule has 1 saturated heterocycles. The number of hydrogen-bond acceptors (Lipinski definition) is 6. The van der Waals surface area contributed by atoms with Crippen LogP contribution in [0.3, 0.4) is 0 Å². The van der Waals surface area contributed by atoms with Gasteiger partial charge in [0.15, 0.2) is 0 Å². The number of nitrogen functional groups attached to an aromatic ring is 1. The number of anilines is 1. The predicted octanol–water partition coefficient (Wildman–Crippen LogP) is 6.12. The van der Waals surface area contributed by atoms with Gasteiger partial charge in [0.25, 0.3) is 5.19 Å². The van der Waals surface area contributed by atoms with Gasteiger partial charge in [-0.2, -0.15) is 0 Å². The summed E-state index contributed by atoms with van der Waals surface area (Å²) in [5.41, 5.74) is 10.9. The number of aromatic nitrogens is 3. The minimum Gasteiger partial charge on any atom is -0.466 e. The molecule has 186 valence electrons. The van der Waals surface area contributed by atoms with Crippen LogP contribution in [0.4, 0.5) is 5.69 Å². The Bertz CT molecular complexity index is 1200. The van der Waals surface area contributed by atoms with Crippen LogP contribution in [0, 0.1) is 12.8 Å². The van der Waals surface area contributed by atoms with Gasteiger partial charge >= 0.3 is 0 Å². The molecule has 1 aliphatic heterocycles. The number of aryl methyl sites for hydroxylation is 1. The number of imidazole rings is 1. The Morgan fingerprint density at radius 2 is 2.09 bits per heavy atom. The zero-order chi connectivity index (χ0) is 24.9. The van der Waals surface area contributed by atoms with E-state index in [-0.39, 0.29) is 6.10 Å². The summed E-state index contributed by atoms with van der Waals surface area (Å²) in [5, 5.41) is 5.30. The summed E-state index contributed by atoms with van der Waals surface area (Å²) >= 11 is 1.49. The molecule has 0 amide bonds. The van der Waals surface area contributed by atoms with Gasteiger partial charge in [-0.25, -0.2) is 14.5 Å². The maximum absolute atomic E-state index is 6.27. The standard InChI is InChI=1S/C27H36N6OS/c1-6-20(7-2)16-29-25(8-3)32-13-11-21(12-14-32)19(5)34-27-31-33-17-24(30-26(33)35-27)23-10-9-22(28)15-18(23)4/h6,9-10,15-17,19,21H,1,7-8,11-14,28H2,2-5H3/b20-16+,29-25?. The lowest BCUT2D eigenvalue weighted by molar-refractivity contribution is 0.107. The highest BCUT2D eigenvalue weighted by molar-refractivity contribution is 7.18. The summed E-state index contributed by atoms with van der Waals surface area (Å²) in [6.07, 6.45) is 9.94. The van der Waals surface area contributed by atoms with Crippen molar-refractivity contribution in [3.63, 3.8) is 0 Å². The highest BCUT2D eigenvalue weighted by Gasteiger charge is 2.27. The first-order valence-electron chi connectivity index (χ1n) is 12.4. The number of amidine groups is 1. The van der Waals surface area contributed by atoms with E-state index in [4.69, 9.17) is 20.4 Å². The Morgan fingerprint density at radius 3 is 2.71 bits per heavy atom. The normalized spacial score (nSPS) is 16.6. The van der Waals surface area contributed by atoms with Crippen LogP contribution in [0.1, 0.15) is 52.0 Å². The zero-order valence-corrected chi connectivity index (χ0v) is 22.0. The third kappa shape index (κ3) is 5.75.